The van der Waals surface area contributed by atoms with Gasteiger partial charge in [-0.3, -0.25) is 14.6 Å². The maximum Gasteiger partial charge on any atom is 0.410 e. The molecule has 0 bridgehead atoms. The molecule has 3 fully saturated rings. The maximum atomic E-state index is 16.9. The molecule has 3 aliphatic rings. The van der Waals surface area contributed by atoms with Crippen molar-refractivity contribution < 1.29 is 52.4 Å². The number of para-hydroxylation sites is 1. The average molecular weight is 880 g/mol. The number of likely N-dealkylation sites (N-methyl/N-ethyl adjacent to an activating group) is 1. The van der Waals surface area contributed by atoms with Gasteiger partial charge in [-0.25, -0.2) is 19.0 Å². The lowest BCUT2D eigenvalue weighted by Gasteiger charge is -2.46. The third-order valence-corrected chi connectivity index (χ3v) is 13.6. The van der Waals surface area contributed by atoms with Gasteiger partial charge in [0.1, 0.15) is 18.0 Å². The lowest BCUT2D eigenvalue weighted by atomic mass is 9.73. The van der Waals surface area contributed by atoms with Gasteiger partial charge in [-0.2, -0.15) is 0 Å². The van der Waals surface area contributed by atoms with Crippen LogP contribution in [0.4, 0.5) is 9.18 Å². The first kappa shape index (κ1) is 48.1. The number of nitrogens with one attached hydrogen (secondary N) is 1. The summed E-state index contributed by atoms with van der Waals surface area (Å²) in [7, 11) is 1.40. The normalized spacial score (nSPS) is 35.9. The molecule has 2 aromatic heterocycles. The van der Waals surface area contributed by atoms with E-state index in [9.17, 15) is 24.3 Å². The number of rotatable bonds is 12. The molecule has 1 aromatic carbocycles. The van der Waals surface area contributed by atoms with Gasteiger partial charge in [-0.1, -0.05) is 52.8 Å². The number of aryl methyl sites for hydroxylation is 1. The number of carbonyl (C=O) groups excluding carboxylic acids is 4. The van der Waals surface area contributed by atoms with E-state index in [-0.39, 0.29) is 31.3 Å². The van der Waals surface area contributed by atoms with Crippen molar-refractivity contribution in [3.63, 3.8) is 0 Å². The van der Waals surface area contributed by atoms with Crippen molar-refractivity contribution in [2.75, 3.05) is 20.2 Å². The number of carbonyl (C=O) groups is 4. The largest absolute Gasteiger partial charge is 0.455 e. The highest BCUT2D eigenvalue weighted by Gasteiger charge is 2.61. The van der Waals surface area contributed by atoms with Crippen molar-refractivity contribution in [2.45, 2.75) is 161 Å². The number of pyridine rings is 1. The third kappa shape index (κ3) is 9.70. The van der Waals surface area contributed by atoms with E-state index >= 15 is 4.39 Å². The molecule has 0 spiro atoms. The number of cyclic esters (lactones) is 1. The van der Waals surface area contributed by atoms with E-state index in [1.807, 2.05) is 54.9 Å². The molecule has 15 nitrogen and oxygen atoms in total. The van der Waals surface area contributed by atoms with Crippen LogP contribution < -0.4 is 5.32 Å². The lowest BCUT2D eigenvalue weighted by Crippen LogP contribution is -2.62. The van der Waals surface area contributed by atoms with Crippen molar-refractivity contribution in [3.05, 3.63) is 49.1 Å². The Bertz CT molecular complexity index is 2120. The number of ether oxygens (including phenoxy) is 5. The van der Waals surface area contributed by atoms with Crippen LogP contribution in [-0.2, 0) is 44.6 Å². The molecule has 2 N–H and O–H groups in total. The van der Waals surface area contributed by atoms with E-state index in [0.717, 1.165) is 29.1 Å². The minimum absolute atomic E-state index is 0.00494. The second-order valence-electron chi connectivity index (χ2n) is 18.3. The van der Waals surface area contributed by atoms with Crippen molar-refractivity contribution >= 4 is 34.5 Å². The molecule has 13 atom stereocenters. The summed E-state index contributed by atoms with van der Waals surface area (Å²) in [6.45, 7) is 15.8. The van der Waals surface area contributed by atoms with E-state index in [4.69, 9.17) is 23.7 Å². The molecule has 63 heavy (non-hydrogen) atoms. The zero-order chi connectivity index (χ0) is 46.0. The number of aliphatic hydroxyl groups excluding tert-OH is 1. The number of imidazole rings is 1. The number of alkyl halides is 1. The van der Waals surface area contributed by atoms with Gasteiger partial charge in [0.2, 0.25) is 0 Å². The minimum Gasteiger partial charge on any atom is -0.455 e. The number of halogens is 1. The molecule has 3 saturated heterocycles. The first-order chi connectivity index (χ1) is 29.8. The Labute approximate surface area is 369 Å². The minimum atomic E-state index is -3.18. The molecule has 3 aliphatic heterocycles. The Balaban J connectivity index is 1.26. The van der Waals surface area contributed by atoms with Gasteiger partial charge in [0.25, 0.3) is 5.67 Å². The number of amides is 1. The molecule has 16 heteroatoms. The predicted molar refractivity (Wildman–Crippen MR) is 232 cm³/mol. The highest BCUT2D eigenvalue weighted by atomic mass is 19.1. The number of methoxy groups -OCH3 is 1. The van der Waals surface area contributed by atoms with Crippen LogP contribution in [-0.4, -0.2) is 128 Å². The van der Waals surface area contributed by atoms with E-state index in [2.05, 4.69) is 15.3 Å². The number of benzene rings is 1. The molecular weight excluding hydrogens is 814 g/mol. The van der Waals surface area contributed by atoms with Crippen molar-refractivity contribution in [1.29, 1.82) is 0 Å². The number of nitrogens with zero attached hydrogens (tertiary/aromatic N) is 4. The van der Waals surface area contributed by atoms with Crippen molar-refractivity contribution in [1.82, 2.24) is 24.8 Å². The number of esters is 1. The molecule has 5 heterocycles. The van der Waals surface area contributed by atoms with Crippen LogP contribution in [0.1, 0.15) is 94.4 Å². The molecule has 6 rings (SSSR count). The third-order valence-electron chi connectivity index (χ3n) is 13.6. The summed E-state index contributed by atoms with van der Waals surface area (Å²) < 4.78 is 49.6. The van der Waals surface area contributed by atoms with Crippen LogP contribution in [0.5, 0.6) is 0 Å². The topological polar surface area (TPSA) is 181 Å². The van der Waals surface area contributed by atoms with E-state index in [0.29, 0.717) is 32.4 Å². The van der Waals surface area contributed by atoms with Crippen LogP contribution in [0.2, 0.25) is 0 Å². The van der Waals surface area contributed by atoms with Gasteiger partial charge in [0, 0.05) is 67.3 Å². The highest BCUT2D eigenvalue weighted by molar-refractivity contribution is 6.08. The monoisotopic (exact) mass is 879 g/mol. The molecule has 346 valence electrons. The Morgan fingerprint density at radius 1 is 1.00 bits per heavy atom. The highest BCUT2D eigenvalue weighted by Crippen LogP contribution is 2.44. The number of fused-ring (bicyclic) bond motifs is 2. The van der Waals surface area contributed by atoms with Gasteiger partial charge in [-0.05, 0) is 78.5 Å². The maximum absolute atomic E-state index is 16.9. The SMILES string of the molecule is CCN[C@H]1C[C@@H](C)O[C@@H](O[C@@H]2[C@H](C)C(=O)[C@](C)(F)C(=O)O[C@H](CC)[C@@]3(C)OC(=O)N(CCCCn4cnc(-c5cnc6ccccc6c5)c4)C3[C@@H](C)C(=O)[C@H](C)C[C@@]2(C)OC)[C@H]1O. The van der Waals surface area contributed by atoms with Gasteiger partial charge in [0.05, 0.1) is 41.4 Å². The van der Waals surface area contributed by atoms with Crippen LogP contribution in [0, 0.1) is 17.8 Å². The Morgan fingerprint density at radius 2 is 1.71 bits per heavy atom. The fourth-order valence-electron chi connectivity index (χ4n) is 10.1. The smallest absolute Gasteiger partial charge is 0.410 e. The summed E-state index contributed by atoms with van der Waals surface area (Å²) in [5, 5.41) is 15.6. The molecule has 0 radical (unpaired) electrons. The van der Waals surface area contributed by atoms with E-state index in [1.165, 1.54) is 18.9 Å². The second-order valence-corrected chi connectivity index (χ2v) is 18.3. The standard InChI is InChI=1S/C47H66FN5O10/c1-11-36-47(9)39(53(44(58)63-47)20-16-15-19-52-25-35(51-26-52)32-22-31-17-13-14-18-33(31)50-24-32)29(5)37(54)27(3)23-45(7,59-10)41(30(6)40(56)46(8,48)43(57)61-36)62-42-38(55)34(49-12-2)21-28(4)60-42/h13-14,17-18,22,24-30,34,36,38-39,41-42,49,55H,11-12,15-16,19-21,23H2,1-10H3/t27-,28-,29+,30-,34+,36-,38+,39?,41-,42+,45-,46+,47-/m1/s1. The Morgan fingerprint density at radius 3 is 2.41 bits per heavy atom. The lowest BCUT2D eigenvalue weighted by molar-refractivity contribution is -0.290. The number of hydrogen-bond donors (Lipinski definition) is 2. The Kier molecular flexibility index (Phi) is 14.8. The van der Waals surface area contributed by atoms with E-state index in [1.54, 1.807) is 47.1 Å². The first-order valence-corrected chi connectivity index (χ1v) is 22.4. The number of aliphatic hydroxyl groups is 1. The molecule has 0 saturated carbocycles. The van der Waals surface area contributed by atoms with Crippen LogP contribution >= 0.6 is 0 Å². The molecule has 0 aliphatic carbocycles. The summed E-state index contributed by atoms with van der Waals surface area (Å²) in [6, 6.07) is 8.59. The first-order valence-electron chi connectivity index (χ1n) is 22.4. The van der Waals surface area contributed by atoms with Gasteiger partial charge >= 0.3 is 12.1 Å². The summed E-state index contributed by atoms with van der Waals surface area (Å²) in [5.74, 6) is -5.81. The molecule has 1 amide bonds. The summed E-state index contributed by atoms with van der Waals surface area (Å²) in [5.41, 5.74) is -3.66. The molecule has 1 unspecified atom stereocenters. The number of unbranched alkanes of at least 4 members (excludes halogenated alkanes) is 1. The van der Waals surface area contributed by atoms with E-state index < -0.39 is 89.2 Å². The zero-order valence-corrected chi connectivity index (χ0v) is 38.3. The summed E-state index contributed by atoms with van der Waals surface area (Å²) in [4.78, 5) is 67.6. The number of aromatic nitrogens is 3. The van der Waals surface area contributed by atoms with Crippen LogP contribution in [0.25, 0.3) is 22.2 Å². The quantitative estimate of drug-likeness (QED) is 0.119. The molecular formula is C47H66FN5O10. The van der Waals surface area contributed by atoms with Gasteiger partial charge in [0.15, 0.2) is 17.7 Å². The average Bonchev–Trinajstić information content (AvgIpc) is 3.84. The predicted octanol–water partition coefficient (Wildman–Crippen LogP) is 6.22. The van der Waals surface area contributed by atoms with Crippen LogP contribution in [0.3, 0.4) is 0 Å². The fraction of sp³-hybridized carbons (Fsp3) is 0.660. The second kappa shape index (κ2) is 19.4. The zero-order valence-electron chi connectivity index (χ0n) is 38.3. The van der Waals surface area contributed by atoms with Crippen molar-refractivity contribution in [3.8, 4) is 11.3 Å². The van der Waals surface area contributed by atoms with Crippen molar-refractivity contribution in [2.24, 2.45) is 17.8 Å². The van der Waals surface area contributed by atoms with Crippen LogP contribution in [0.15, 0.2) is 49.1 Å². The summed E-state index contributed by atoms with van der Waals surface area (Å²) in [6.07, 6.45) is 1.24. The summed E-state index contributed by atoms with van der Waals surface area (Å²) >= 11 is 0. The van der Waals surface area contributed by atoms with Gasteiger partial charge in [-0.15, -0.1) is 0 Å². The number of hydrogen-bond acceptors (Lipinski definition) is 13. The molecule has 3 aromatic rings. The number of ketones is 2. The fourth-order valence-corrected chi connectivity index (χ4v) is 10.1. The number of Topliss-reactive ketones (excluding diaryl/α,β-unsaturated/α-hetero) is 2. The van der Waals surface area contributed by atoms with Gasteiger partial charge < -0.3 is 43.6 Å². The Hall–Kier alpha value is -4.35.